The van der Waals surface area contributed by atoms with Crippen LogP contribution < -0.4 is 10.1 Å². The Morgan fingerprint density at radius 2 is 2.15 bits per heavy atom. The van der Waals surface area contributed by atoms with Crippen LogP contribution in [-0.2, 0) is 16.1 Å². The molecule has 2 amide bonds. The highest BCUT2D eigenvalue weighted by molar-refractivity contribution is 5.83. The Morgan fingerprint density at radius 1 is 1.41 bits per heavy atom. The van der Waals surface area contributed by atoms with Gasteiger partial charge in [0.15, 0.2) is 0 Å². The zero-order valence-corrected chi connectivity index (χ0v) is 20.4. The van der Waals surface area contributed by atoms with Crippen LogP contribution in [0.2, 0.25) is 0 Å². The van der Waals surface area contributed by atoms with Gasteiger partial charge in [-0.15, -0.1) is 6.42 Å². The van der Waals surface area contributed by atoms with Gasteiger partial charge >= 0.3 is 0 Å². The van der Waals surface area contributed by atoms with Gasteiger partial charge in [-0.3, -0.25) is 14.6 Å². The number of pyridine rings is 1. The summed E-state index contributed by atoms with van der Waals surface area (Å²) < 4.78 is 10.5. The van der Waals surface area contributed by atoms with Gasteiger partial charge in [-0.1, -0.05) is 38.8 Å². The molecule has 0 radical (unpaired) electrons. The molecule has 0 aliphatic carbocycles. The lowest BCUT2D eigenvalue weighted by molar-refractivity contribution is -0.133. The Kier molecular flexibility index (Phi) is 10.1. The molecular weight excluding hydrogens is 436 g/mol. The van der Waals surface area contributed by atoms with Crippen LogP contribution in [0.25, 0.3) is 0 Å². The first-order valence-corrected chi connectivity index (χ1v) is 11.3. The molecule has 1 saturated heterocycles. The second-order valence-corrected chi connectivity index (χ2v) is 8.77. The summed E-state index contributed by atoms with van der Waals surface area (Å²) in [6.45, 7) is 9.48. The quantitative estimate of drug-likeness (QED) is 0.449. The Balaban J connectivity index is 0.000000257. The van der Waals surface area contributed by atoms with Gasteiger partial charge in [-0.2, -0.15) is 0 Å². The summed E-state index contributed by atoms with van der Waals surface area (Å²) in [7, 11) is 1.53. The Bertz CT molecular complexity index is 995. The number of β-amino-alcohol motifs (C(OH)–C–C–N with tert-alkyl or cyclic N) is 1. The molecule has 1 aliphatic heterocycles. The summed E-state index contributed by atoms with van der Waals surface area (Å²) in [6.07, 6.45) is 7.63. The van der Waals surface area contributed by atoms with Crippen LogP contribution in [0.4, 0.5) is 0 Å². The largest absolute Gasteiger partial charge is 0.495 e. The maximum atomic E-state index is 12.6. The molecule has 2 aromatic rings. The second-order valence-electron chi connectivity index (χ2n) is 8.77. The van der Waals surface area contributed by atoms with E-state index in [0.717, 1.165) is 5.69 Å². The van der Waals surface area contributed by atoms with E-state index < -0.39 is 6.10 Å². The molecule has 0 aromatic carbocycles. The molecule has 1 fully saturated rings. The average Bonchev–Trinajstić information content (AvgIpc) is 3.47. The standard InChI is InChI=1S/C15H24N2O3.C10H10N2O2/c1-9(2)12-7-13(20-16-12)14(10(3)4)15(19)17-6-5-11(18)8-17;1-3-8-4-10(14-2)9(12-5-8)6-11-7-13/h7,9-11,14,18H,5-6,8H2,1-4H3;1,4-5,7H,6H2,2H3,(H,11,13). The van der Waals surface area contributed by atoms with Crippen LogP contribution in [-0.4, -0.2) is 58.8 Å². The number of nitrogens with one attached hydrogen (secondary N) is 1. The molecule has 3 heterocycles. The van der Waals surface area contributed by atoms with Gasteiger partial charge in [-0.05, 0) is 24.3 Å². The number of aliphatic hydroxyl groups excluding tert-OH is 1. The molecule has 0 bridgehead atoms. The van der Waals surface area contributed by atoms with Crippen molar-refractivity contribution in [2.75, 3.05) is 20.2 Å². The van der Waals surface area contributed by atoms with Gasteiger partial charge in [0.1, 0.15) is 23.1 Å². The highest BCUT2D eigenvalue weighted by Crippen LogP contribution is 2.30. The zero-order valence-electron chi connectivity index (χ0n) is 20.4. The van der Waals surface area contributed by atoms with Crippen molar-refractivity contribution < 1.29 is 24.0 Å². The highest BCUT2D eigenvalue weighted by Gasteiger charge is 2.35. The lowest BCUT2D eigenvalue weighted by Gasteiger charge is -2.23. The smallest absolute Gasteiger partial charge is 0.233 e. The number of carbonyl (C=O) groups excluding carboxylic acids is 2. The van der Waals surface area contributed by atoms with Crippen LogP contribution in [0.3, 0.4) is 0 Å². The van der Waals surface area contributed by atoms with Crippen molar-refractivity contribution in [3.8, 4) is 18.1 Å². The van der Waals surface area contributed by atoms with E-state index in [1.54, 1.807) is 17.2 Å². The number of likely N-dealkylation sites (tertiary alicyclic amines) is 1. The van der Waals surface area contributed by atoms with E-state index in [9.17, 15) is 14.7 Å². The predicted octanol–water partition coefficient (Wildman–Crippen LogP) is 2.45. The Morgan fingerprint density at radius 3 is 2.65 bits per heavy atom. The number of methoxy groups -OCH3 is 1. The number of nitrogens with zero attached hydrogens (tertiary/aromatic N) is 3. The summed E-state index contributed by atoms with van der Waals surface area (Å²) >= 11 is 0. The summed E-state index contributed by atoms with van der Waals surface area (Å²) in [5, 5.41) is 16.1. The monoisotopic (exact) mass is 470 g/mol. The molecule has 3 rings (SSSR count). The number of terminal acetylenes is 1. The topological polar surface area (TPSA) is 118 Å². The fourth-order valence-electron chi connectivity index (χ4n) is 3.60. The summed E-state index contributed by atoms with van der Waals surface area (Å²) in [5.74, 6) is 3.79. The van der Waals surface area contributed by atoms with Gasteiger partial charge in [0.25, 0.3) is 0 Å². The van der Waals surface area contributed by atoms with E-state index in [0.29, 0.717) is 55.2 Å². The third-order valence-corrected chi connectivity index (χ3v) is 5.52. The summed E-state index contributed by atoms with van der Waals surface area (Å²) in [4.78, 5) is 28.5. The normalized spacial score (nSPS) is 16.0. The predicted molar refractivity (Wildman–Crippen MR) is 127 cm³/mol. The Labute approximate surface area is 200 Å². The van der Waals surface area contributed by atoms with Crippen LogP contribution in [0.5, 0.6) is 5.75 Å². The molecule has 0 saturated carbocycles. The minimum absolute atomic E-state index is 0.0306. The molecule has 184 valence electrons. The van der Waals surface area contributed by atoms with Crippen molar-refractivity contribution in [3.63, 3.8) is 0 Å². The molecule has 2 atom stereocenters. The molecule has 2 unspecified atom stereocenters. The van der Waals surface area contributed by atoms with Crippen molar-refractivity contribution in [1.29, 1.82) is 0 Å². The van der Waals surface area contributed by atoms with Crippen molar-refractivity contribution >= 4 is 12.3 Å². The van der Waals surface area contributed by atoms with Crippen LogP contribution in [0.1, 0.15) is 68.7 Å². The fraction of sp³-hybridized carbons (Fsp3) is 0.520. The number of carbonyl (C=O) groups is 2. The first kappa shape index (κ1) is 26.9. The van der Waals surface area contributed by atoms with Crippen LogP contribution >= 0.6 is 0 Å². The first-order valence-electron chi connectivity index (χ1n) is 11.3. The van der Waals surface area contributed by atoms with E-state index in [-0.39, 0.29) is 23.7 Å². The number of rotatable bonds is 8. The van der Waals surface area contributed by atoms with Crippen LogP contribution in [0, 0.1) is 18.3 Å². The van der Waals surface area contributed by atoms with Gasteiger partial charge in [-0.25, -0.2) is 0 Å². The van der Waals surface area contributed by atoms with E-state index in [1.165, 1.54) is 7.11 Å². The van der Waals surface area contributed by atoms with Gasteiger partial charge in [0, 0.05) is 30.9 Å². The van der Waals surface area contributed by atoms with Gasteiger partial charge in [0.2, 0.25) is 12.3 Å². The zero-order chi connectivity index (χ0) is 25.3. The summed E-state index contributed by atoms with van der Waals surface area (Å²) in [5.41, 5.74) is 2.18. The number of amides is 2. The number of hydrogen-bond acceptors (Lipinski definition) is 7. The minimum atomic E-state index is -0.396. The Hall–Kier alpha value is -3.38. The number of hydrogen-bond donors (Lipinski definition) is 2. The number of ether oxygens (including phenoxy) is 1. The molecule has 2 aromatic heterocycles. The maximum absolute atomic E-state index is 12.6. The lowest BCUT2D eigenvalue weighted by atomic mass is 9.91. The molecule has 34 heavy (non-hydrogen) atoms. The molecule has 9 nitrogen and oxygen atoms in total. The number of aromatic nitrogens is 2. The SMILES string of the molecule is C#Cc1cnc(CNC=O)c(OC)c1.CC(C)c1cc(C(C(=O)N2CCC(O)C2)C(C)C)on1. The third-order valence-electron chi connectivity index (χ3n) is 5.52. The first-order chi connectivity index (χ1) is 16.2. The van der Waals surface area contributed by atoms with Gasteiger partial charge in [0.05, 0.1) is 25.5 Å². The average molecular weight is 471 g/mol. The third kappa shape index (κ3) is 7.06. The maximum Gasteiger partial charge on any atom is 0.233 e. The van der Waals surface area contributed by atoms with Gasteiger partial charge < -0.3 is 24.6 Å². The van der Waals surface area contributed by atoms with E-state index in [2.05, 4.69) is 21.4 Å². The molecule has 9 heteroatoms. The van der Waals surface area contributed by atoms with E-state index in [4.69, 9.17) is 15.7 Å². The highest BCUT2D eigenvalue weighted by atomic mass is 16.5. The van der Waals surface area contributed by atoms with Crippen molar-refractivity contribution in [2.45, 2.75) is 58.6 Å². The summed E-state index contributed by atoms with van der Waals surface area (Å²) in [6, 6.07) is 3.59. The minimum Gasteiger partial charge on any atom is -0.495 e. The fourth-order valence-corrected chi connectivity index (χ4v) is 3.60. The van der Waals surface area contributed by atoms with Crippen molar-refractivity contribution in [2.24, 2.45) is 5.92 Å². The molecule has 2 N–H and O–H groups in total. The van der Waals surface area contributed by atoms with Crippen molar-refractivity contribution in [3.05, 3.63) is 41.0 Å². The molecule has 0 spiro atoms. The number of aliphatic hydroxyl groups is 1. The molecular formula is C25H34N4O5. The lowest BCUT2D eigenvalue weighted by Crippen LogP contribution is -2.35. The molecule has 1 aliphatic rings. The van der Waals surface area contributed by atoms with Crippen LogP contribution in [0.15, 0.2) is 22.9 Å². The van der Waals surface area contributed by atoms with Crippen molar-refractivity contribution in [1.82, 2.24) is 20.4 Å². The van der Waals surface area contributed by atoms with E-state index in [1.807, 2.05) is 33.8 Å². The van der Waals surface area contributed by atoms with E-state index >= 15 is 0 Å². The second kappa shape index (κ2) is 12.8.